The number of carbonyl (C=O) groups excluding carboxylic acids is 1. The van der Waals surface area contributed by atoms with Crippen LogP contribution >= 0.6 is 11.8 Å². The first-order valence-corrected chi connectivity index (χ1v) is 10.8. The zero-order valence-corrected chi connectivity index (χ0v) is 18.2. The molecule has 0 radical (unpaired) electrons. The van der Waals surface area contributed by atoms with Gasteiger partial charge in [0.15, 0.2) is 16.9 Å². The summed E-state index contributed by atoms with van der Waals surface area (Å²) in [6.45, 7) is 1.98. The van der Waals surface area contributed by atoms with Gasteiger partial charge in [0.2, 0.25) is 5.75 Å². The molecule has 0 aromatic heterocycles. The van der Waals surface area contributed by atoms with E-state index in [1.54, 1.807) is 25.1 Å². The molecule has 2 aromatic carbocycles. The number of nitrogens with one attached hydrogen (secondary N) is 1. The van der Waals surface area contributed by atoms with Gasteiger partial charge in [0, 0.05) is 5.56 Å². The number of phenolic OH excluding ortho intramolecular Hbond substituents is 1. The molecule has 1 aliphatic rings. The summed E-state index contributed by atoms with van der Waals surface area (Å²) in [6, 6.07) is 6.38. The number of hydrogen-bond acceptors (Lipinski definition) is 7. The molecule has 8 heteroatoms. The Morgan fingerprint density at radius 3 is 2.60 bits per heavy atom. The van der Waals surface area contributed by atoms with Crippen LogP contribution in [0.2, 0.25) is 0 Å². The van der Waals surface area contributed by atoms with Gasteiger partial charge in [-0.2, -0.15) is 0 Å². The summed E-state index contributed by atoms with van der Waals surface area (Å²) >= 11 is 1.36. The van der Waals surface area contributed by atoms with Gasteiger partial charge in [-0.25, -0.2) is 4.79 Å². The monoisotopic (exact) mass is 431 g/mol. The summed E-state index contributed by atoms with van der Waals surface area (Å²) in [5.41, 5.74) is 2.84. The fourth-order valence-electron chi connectivity index (χ4n) is 3.80. The molecule has 1 aliphatic carbocycles. The number of ether oxygens (including phenoxy) is 3. The average molecular weight is 432 g/mol. The van der Waals surface area contributed by atoms with Gasteiger partial charge in [-0.1, -0.05) is 6.07 Å². The van der Waals surface area contributed by atoms with Crippen molar-refractivity contribution in [2.75, 3.05) is 27.1 Å². The minimum atomic E-state index is -0.546. The number of methoxy groups -OCH3 is 2. The zero-order valence-electron chi connectivity index (χ0n) is 17.4. The lowest BCUT2D eigenvalue weighted by Gasteiger charge is -2.19. The molecule has 0 heterocycles. The van der Waals surface area contributed by atoms with Crippen molar-refractivity contribution in [1.29, 1.82) is 0 Å². The third-order valence-corrected chi connectivity index (χ3v) is 5.86. The number of alkyl carbamates (subject to hydrolysis) is 1. The molecule has 0 saturated carbocycles. The first kappa shape index (κ1) is 21.8. The predicted octanol–water partition coefficient (Wildman–Crippen LogP) is 3.89. The molecule has 0 bridgehead atoms. The average Bonchev–Trinajstić information content (AvgIpc) is 2.96. The van der Waals surface area contributed by atoms with E-state index in [0.717, 1.165) is 16.7 Å². The lowest BCUT2D eigenvalue weighted by molar-refractivity contribution is 0.147. The number of benzene rings is 1. The molecule has 1 atom stereocenters. The Kier molecular flexibility index (Phi) is 6.77. The van der Waals surface area contributed by atoms with E-state index in [1.807, 2.05) is 12.3 Å². The Labute approximate surface area is 179 Å². The molecule has 0 fully saturated rings. The van der Waals surface area contributed by atoms with Gasteiger partial charge in [-0.05, 0) is 60.9 Å². The van der Waals surface area contributed by atoms with E-state index in [-0.39, 0.29) is 23.5 Å². The van der Waals surface area contributed by atoms with Crippen molar-refractivity contribution < 1.29 is 24.1 Å². The second-order valence-electron chi connectivity index (χ2n) is 6.73. The largest absolute Gasteiger partial charge is 0.504 e. The van der Waals surface area contributed by atoms with Gasteiger partial charge < -0.3 is 24.6 Å². The molecule has 2 aromatic rings. The highest BCUT2D eigenvalue weighted by Crippen LogP contribution is 2.49. The SMILES string of the molecule is CCOC(=O)NC1CCc2cc(O)c(OC)c(OC)c2-c2ccc(SC)c(=O)cc21. The van der Waals surface area contributed by atoms with E-state index >= 15 is 0 Å². The van der Waals surface area contributed by atoms with E-state index in [9.17, 15) is 14.7 Å². The maximum atomic E-state index is 12.8. The fraction of sp³-hybridized carbons (Fsp3) is 0.364. The van der Waals surface area contributed by atoms with E-state index in [1.165, 1.54) is 26.0 Å². The van der Waals surface area contributed by atoms with Gasteiger partial charge in [0.05, 0.1) is 31.8 Å². The van der Waals surface area contributed by atoms with Crippen LogP contribution in [0.25, 0.3) is 11.1 Å². The number of aryl methyl sites for hydroxylation is 1. The first-order valence-electron chi connectivity index (χ1n) is 9.57. The Morgan fingerprint density at radius 1 is 1.23 bits per heavy atom. The quantitative estimate of drug-likeness (QED) is 0.694. The standard InChI is InChI=1S/C22H25NO6S/c1-5-29-22(26)23-15-8-6-12-10-17(25)20(27-2)21(28-3)19(12)13-7-9-18(30-4)16(24)11-14(13)15/h7,9-11,15,25H,5-6,8H2,1-4H3,(H,23,26). The normalized spacial score (nSPS) is 14.7. The molecule has 0 aliphatic heterocycles. The predicted molar refractivity (Wildman–Crippen MR) is 116 cm³/mol. The summed E-state index contributed by atoms with van der Waals surface area (Å²) < 4.78 is 16.1. The highest BCUT2D eigenvalue weighted by atomic mass is 32.2. The highest BCUT2D eigenvalue weighted by molar-refractivity contribution is 7.98. The molecule has 0 spiro atoms. The molecule has 7 nitrogen and oxygen atoms in total. The number of thioether (sulfide) groups is 1. The van der Waals surface area contributed by atoms with Crippen molar-refractivity contribution in [3.8, 4) is 28.4 Å². The van der Waals surface area contributed by atoms with Crippen LogP contribution in [0, 0.1) is 0 Å². The van der Waals surface area contributed by atoms with E-state index < -0.39 is 12.1 Å². The third-order valence-electron chi connectivity index (χ3n) is 5.08. The fourth-order valence-corrected chi connectivity index (χ4v) is 4.26. The molecular formula is C22H25NO6S. The van der Waals surface area contributed by atoms with Crippen LogP contribution in [0.15, 0.2) is 34.0 Å². The Hall–Kier alpha value is -2.87. The summed E-state index contributed by atoms with van der Waals surface area (Å²) in [6.07, 6.45) is 2.36. The second kappa shape index (κ2) is 9.30. The van der Waals surface area contributed by atoms with Crippen LogP contribution in [0.1, 0.15) is 30.5 Å². The zero-order chi connectivity index (χ0) is 21.8. The molecule has 2 N–H and O–H groups in total. The van der Waals surface area contributed by atoms with Crippen molar-refractivity contribution in [2.45, 2.75) is 30.7 Å². The Morgan fingerprint density at radius 2 is 1.97 bits per heavy atom. The van der Waals surface area contributed by atoms with Gasteiger partial charge in [0.25, 0.3) is 0 Å². The lowest BCUT2D eigenvalue weighted by Crippen LogP contribution is -2.29. The summed E-state index contributed by atoms with van der Waals surface area (Å²) in [4.78, 5) is 25.5. The van der Waals surface area contributed by atoms with Crippen molar-refractivity contribution in [3.05, 3.63) is 45.6 Å². The smallest absolute Gasteiger partial charge is 0.407 e. The summed E-state index contributed by atoms with van der Waals surface area (Å²) in [7, 11) is 2.96. The maximum absolute atomic E-state index is 12.8. The number of hydrogen-bond donors (Lipinski definition) is 2. The van der Waals surface area contributed by atoms with Crippen LogP contribution in [0.5, 0.6) is 17.2 Å². The van der Waals surface area contributed by atoms with Crippen LogP contribution in [-0.4, -0.2) is 38.3 Å². The first-order chi connectivity index (χ1) is 14.4. The number of rotatable bonds is 5. The minimum Gasteiger partial charge on any atom is -0.504 e. The summed E-state index contributed by atoms with van der Waals surface area (Å²) in [5.74, 6) is 0.578. The van der Waals surface area contributed by atoms with Crippen molar-refractivity contribution in [1.82, 2.24) is 5.32 Å². The third kappa shape index (κ3) is 4.05. The van der Waals surface area contributed by atoms with Crippen molar-refractivity contribution in [3.63, 3.8) is 0 Å². The number of amides is 1. The minimum absolute atomic E-state index is 0.0268. The molecule has 0 saturated heterocycles. The van der Waals surface area contributed by atoms with Crippen LogP contribution < -0.4 is 20.2 Å². The molecule has 160 valence electrons. The highest BCUT2D eigenvalue weighted by Gasteiger charge is 2.29. The molecule has 1 amide bonds. The molecule has 1 unspecified atom stereocenters. The van der Waals surface area contributed by atoms with Crippen LogP contribution in [-0.2, 0) is 11.2 Å². The summed E-state index contributed by atoms with van der Waals surface area (Å²) in [5, 5.41) is 13.3. The van der Waals surface area contributed by atoms with Crippen molar-refractivity contribution in [2.24, 2.45) is 0 Å². The molecule has 3 rings (SSSR count). The topological polar surface area (TPSA) is 94.1 Å². The van der Waals surface area contributed by atoms with E-state index in [4.69, 9.17) is 14.2 Å². The van der Waals surface area contributed by atoms with Gasteiger partial charge >= 0.3 is 6.09 Å². The number of carbonyl (C=O) groups is 1. The van der Waals surface area contributed by atoms with Crippen LogP contribution in [0.3, 0.4) is 0 Å². The maximum Gasteiger partial charge on any atom is 0.407 e. The number of aromatic hydroxyl groups is 1. The van der Waals surface area contributed by atoms with E-state index in [0.29, 0.717) is 29.1 Å². The molecular weight excluding hydrogens is 406 g/mol. The Bertz CT molecular complexity index is 1020. The lowest BCUT2D eigenvalue weighted by atomic mass is 9.95. The van der Waals surface area contributed by atoms with Gasteiger partial charge in [-0.3, -0.25) is 4.79 Å². The van der Waals surface area contributed by atoms with Gasteiger partial charge in [0.1, 0.15) is 0 Å². The van der Waals surface area contributed by atoms with E-state index in [2.05, 4.69) is 5.32 Å². The number of fused-ring (bicyclic) bond motifs is 3. The number of phenols is 1. The second-order valence-corrected chi connectivity index (χ2v) is 7.58. The van der Waals surface area contributed by atoms with Crippen molar-refractivity contribution >= 4 is 17.9 Å². The van der Waals surface area contributed by atoms with Gasteiger partial charge in [-0.15, -0.1) is 11.8 Å². The molecule has 30 heavy (non-hydrogen) atoms. The van der Waals surface area contributed by atoms with Crippen LogP contribution in [0.4, 0.5) is 4.79 Å². The Balaban J connectivity index is 2.32.